The van der Waals surface area contributed by atoms with E-state index in [1.54, 1.807) is 12.1 Å². The number of carbonyl (C=O) groups excluding carboxylic acids is 1. The van der Waals surface area contributed by atoms with Crippen LogP contribution >= 0.6 is 0 Å². The van der Waals surface area contributed by atoms with Gasteiger partial charge in [-0.25, -0.2) is 8.78 Å². The van der Waals surface area contributed by atoms with Crippen molar-refractivity contribution in [3.8, 4) is 5.75 Å². The molecule has 1 aliphatic heterocycles. The lowest BCUT2D eigenvalue weighted by atomic mass is 9.59. The van der Waals surface area contributed by atoms with Gasteiger partial charge >= 0.3 is 0 Å². The molecule has 2 aromatic rings. The van der Waals surface area contributed by atoms with Crippen molar-refractivity contribution in [3.63, 3.8) is 0 Å². The molecule has 3 nitrogen and oxygen atoms in total. The molecule has 0 saturated carbocycles. The van der Waals surface area contributed by atoms with Crippen molar-refractivity contribution in [2.45, 2.75) is 26.2 Å². The smallest absolute Gasteiger partial charge is 0.240 e. The van der Waals surface area contributed by atoms with Crippen LogP contribution in [0.25, 0.3) is 0 Å². The van der Waals surface area contributed by atoms with Crippen LogP contribution in [0.5, 0.6) is 5.75 Å². The number of benzene rings is 2. The summed E-state index contributed by atoms with van der Waals surface area (Å²) >= 11 is 0. The fraction of sp³-hybridized carbons (Fsp3) is 0.278. The molecule has 0 radical (unpaired) electrons. The molecule has 1 amide bonds. The van der Waals surface area contributed by atoms with E-state index in [1.165, 1.54) is 18.2 Å². The van der Waals surface area contributed by atoms with Gasteiger partial charge in [-0.3, -0.25) is 4.79 Å². The fourth-order valence-corrected chi connectivity index (χ4v) is 3.49. The summed E-state index contributed by atoms with van der Waals surface area (Å²) in [4.78, 5) is 12.9. The number of halogens is 2. The van der Waals surface area contributed by atoms with E-state index in [9.17, 15) is 18.7 Å². The summed E-state index contributed by atoms with van der Waals surface area (Å²) in [7, 11) is 0. The Morgan fingerprint density at radius 3 is 2.22 bits per heavy atom. The zero-order chi connectivity index (χ0) is 17.0. The van der Waals surface area contributed by atoms with E-state index in [-0.39, 0.29) is 11.4 Å². The summed E-state index contributed by atoms with van der Waals surface area (Å²) in [5.74, 6) is -2.39. The zero-order valence-corrected chi connectivity index (χ0v) is 13.1. The summed E-state index contributed by atoms with van der Waals surface area (Å²) < 4.78 is 27.7. The molecule has 3 rings (SSSR count). The third-order valence-corrected chi connectivity index (χ3v) is 4.50. The topological polar surface area (TPSA) is 49.3 Å². The quantitative estimate of drug-likeness (QED) is 0.836. The van der Waals surface area contributed by atoms with Gasteiger partial charge in [-0.15, -0.1) is 0 Å². The Labute approximate surface area is 133 Å². The predicted molar refractivity (Wildman–Crippen MR) is 83.3 cm³/mol. The van der Waals surface area contributed by atoms with Gasteiger partial charge < -0.3 is 10.4 Å². The zero-order valence-electron chi connectivity index (χ0n) is 13.1. The van der Waals surface area contributed by atoms with Gasteiger partial charge in [0.05, 0.1) is 5.69 Å². The maximum atomic E-state index is 14.2. The van der Waals surface area contributed by atoms with Crippen LogP contribution in [-0.4, -0.2) is 11.0 Å². The lowest BCUT2D eigenvalue weighted by Gasteiger charge is -2.40. The van der Waals surface area contributed by atoms with Crippen LogP contribution in [0.2, 0.25) is 0 Å². The molecule has 1 atom stereocenters. The van der Waals surface area contributed by atoms with E-state index in [0.29, 0.717) is 11.1 Å². The van der Waals surface area contributed by atoms with Crippen LogP contribution in [0.4, 0.5) is 14.5 Å². The van der Waals surface area contributed by atoms with Crippen molar-refractivity contribution < 1.29 is 18.7 Å². The molecule has 0 aromatic heterocycles. The minimum absolute atomic E-state index is 0.0710. The van der Waals surface area contributed by atoms with Crippen molar-refractivity contribution in [2.24, 2.45) is 5.41 Å². The van der Waals surface area contributed by atoms with Crippen LogP contribution in [-0.2, 0) is 10.2 Å². The Balaban J connectivity index is 2.38. The molecule has 120 valence electrons. The molecule has 0 bridgehead atoms. The summed E-state index contributed by atoms with van der Waals surface area (Å²) in [5, 5.41) is 12.0. The van der Waals surface area contributed by atoms with Gasteiger partial charge in [0.2, 0.25) is 5.91 Å². The largest absolute Gasteiger partial charge is 0.508 e. The van der Waals surface area contributed by atoms with Crippen LogP contribution < -0.4 is 5.32 Å². The number of aromatic hydroxyl groups is 1. The van der Waals surface area contributed by atoms with Crippen LogP contribution in [0, 0.1) is 17.0 Å². The summed E-state index contributed by atoms with van der Waals surface area (Å²) in [6.45, 7) is 5.61. The molecule has 2 N–H and O–H groups in total. The van der Waals surface area contributed by atoms with Gasteiger partial charge in [-0.05, 0) is 34.7 Å². The van der Waals surface area contributed by atoms with Gasteiger partial charge in [-0.2, -0.15) is 0 Å². The van der Waals surface area contributed by atoms with Crippen molar-refractivity contribution in [1.82, 2.24) is 0 Å². The number of phenolic OH excluding ortho intramolecular Hbond substituents is 1. The fourth-order valence-electron chi connectivity index (χ4n) is 3.49. The second kappa shape index (κ2) is 4.78. The standard InChI is InChI=1S/C18H17F2NO2/c1-17(2,3)18(10-4-6-11(22)7-5-10)12-8-9-13(19)14(20)15(12)21-16(18)23/h4-9,22H,1-3H3,(H,21,23). The molecule has 2 aromatic carbocycles. The van der Waals surface area contributed by atoms with E-state index in [2.05, 4.69) is 5.32 Å². The molecule has 0 saturated heterocycles. The van der Waals surface area contributed by atoms with Crippen molar-refractivity contribution in [3.05, 3.63) is 59.2 Å². The highest BCUT2D eigenvalue weighted by atomic mass is 19.2. The highest BCUT2D eigenvalue weighted by Crippen LogP contribution is 2.54. The summed E-state index contributed by atoms with van der Waals surface area (Å²) in [6.07, 6.45) is 0. The molecule has 1 unspecified atom stereocenters. The SMILES string of the molecule is CC(C)(C)C1(c2ccc(O)cc2)C(=O)Nc2c1ccc(F)c2F. The Morgan fingerprint density at radius 1 is 1.04 bits per heavy atom. The number of phenols is 1. The molecular weight excluding hydrogens is 300 g/mol. The van der Waals surface area contributed by atoms with Crippen molar-refractivity contribution in [1.29, 1.82) is 0 Å². The molecular formula is C18H17F2NO2. The van der Waals surface area contributed by atoms with E-state index in [4.69, 9.17) is 0 Å². The van der Waals surface area contributed by atoms with E-state index in [1.807, 2.05) is 20.8 Å². The van der Waals surface area contributed by atoms with Crippen molar-refractivity contribution >= 4 is 11.6 Å². The van der Waals surface area contributed by atoms with E-state index < -0.39 is 28.4 Å². The highest BCUT2D eigenvalue weighted by Gasteiger charge is 2.56. The van der Waals surface area contributed by atoms with E-state index >= 15 is 0 Å². The Bertz CT molecular complexity index is 794. The van der Waals surface area contributed by atoms with Gasteiger partial charge in [0.1, 0.15) is 11.2 Å². The lowest BCUT2D eigenvalue weighted by molar-refractivity contribution is -0.122. The second-order valence-corrected chi connectivity index (χ2v) is 6.78. The van der Waals surface area contributed by atoms with Crippen LogP contribution in [0.1, 0.15) is 31.9 Å². The van der Waals surface area contributed by atoms with Crippen molar-refractivity contribution in [2.75, 3.05) is 5.32 Å². The van der Waals surface area contributed by atoms with Crippen LogP contribution in [0.15, 0.2) is 36.4 Å². The van der Waals surface area contributed by atoms with Gasteiger partial charge in [0, 0.05) is 0 Å². The number of fused-ring (bicyclic) bond motifs is 1. The molecule has 0 spiro atoms. The molecule has 5 heteroatoms. The Morgan fingerprint density at radius 2 is 1.65 bits per heavy atom. The number of amides is 1. The molecule has 23 heavy (non-hydrogen) atoms. The minimum Gasteiger partial charge on any atom is -0.508 e. The average molecular weight is 317 g/mol. The third kappa shape index (κ3) is 1.96. The van der Waals surface area contributed by atoms with Crippen LogP contribution in [0.3, 0.4) is 0 Å². The number of nitrogens with one attached hydrogen (secondary N) is 1. The predicted octanol–water partition coefficient (Wildman–Crippen LogP) is 3.95. The normalized spacial score (nSPS) is 20.3. The summed E-state index contributed by atoms with van der Waals surface area (Å²) in [5.41, 5.74) is -0.878. The first-order valence-electron chi connectivity index (χ1n) is 7.29. The maximum Gasteiger partial charge on any atom is 0.240 e. The summed E-state index contributed by atoms with van der Waals surface area (Å²) in [6, 6.07) is 8.72. The molecule has 1 aliphatic rings. The van der Waals surface area contributed by atoms with Gasteiger partial charge in [-0.1, -0.05) is 39.0 Å². The molecule has 1 heterocycles. The number of carbonyl (C=O) groups is 1. The first-order chi connectivity index (χ1) is 10.7. The number of anilines is 1. The Kier molecular flexibility index (Phi) is 3.21. The third-order valence-electron chi connectivity index (χ3n) is 4.50. The van der Waals surface area contributed by atoms with Gasteiger partial charge in [0.25, 0.3) is 0 Å². The Hall–Kier alpha value is -2.43. The number of hydrogen-bond donors (Lipinski definition) is 2. The van der Waals surface area contributed by atoms with E-state index in [0.717, 1.165) is 6.07 Å². The average Bonchev–Trinajstić information content (AvgIpc) is 2.77. The highest BCUT2D eigenvalue weighted by molar-refractivity contribution is 6.09. The molecule has 0 aliphatic carbocycles. The lowest BCUT2D eigenvalue weighted by Crippen LogP contribution is -2.47. The first kappa shape index (κ1) is 15.5. The first-order valence-corrected chi connectivity index (χ1v) is 7.29. The second-order valence-electron chi connectivity index (χ2n) is 6.78. The monoisotopic (exact) mass is 317 g/mol. The number of rotatable bonds is 1. The van der Waals surface area contributed by atoms with Gasteiger partial charge in [0.15, 0.2) is 11.6 Å². The molecule has 0 fully saturated rings. The minimum atomic E-state index is -1.18. The maximum absolute atomic E-state index is 14.2. The number of hydrogen-bond acceptors (Lipinski definition) is 2.